The summed E-state index contributed by atoms with van der Waals surface area (Å²) in [4.78, 5) is 16.8. The average Bonchev–Trinajstić information content (AvgIpc) is 2.79. The van der Waals surface area contributed by atoms with Gasteiger partial charge in [-0.1, -0.05) is 28.1 Å². The van der Waals surface area contributed by atoms with E-state index in [-0.39, 0.29) is 5.69 Å². The number of fused-ring (bicyclic) bond motifs is 1. The van der Waals surface area contributed by atoms with Gasteiger partial charge in [0, 0.05) is 4.47 Å². The SMILES string of the molecule is COc1ccc(Cc2cc3[nH]c(=O)[nH]c3cc2Br)cc1. The van der Waals surface area contributed by atoms with Crippen LogP contribution in [-0.2, 0) is 6.42 Å². The normalized spacial score (nSPS) is 10.9. The Bertz CT molecular complexity index is 803. The first kappa shape index (κ1) is 13.0. The summed E-state index contributed by atoms with van der Waals surface area (Å²) in [6.45, 7) is 0. The zero-order valence-electron chi connectivity index (χ0n) is 10.9. The van der Waals surface area contributed by atoms with Gasteiger partial charge < -0.3 is 14.7 Å². The van der Waals surface area contributed by atoms with Gasteiger partial charge in [-0.3, -0.25) is 0 Å². The Morgan fingerprint density at radius 3 is 2.40 bits per heavy atom. The van der Waals surface area contributed by atoms with Crippen molar-refractivity contribution in [3.05, 3.63) is 62.5 Å². The van der Waals surface area contributed by atoms with Crippen LogP contribution in [0.5, 0.6) is 5.75 Å². The monoisotopic (exact) mass is 332 g/mol. The van der Waals surface area contributed by atoms with Crippen LogP contribution in [0.2, 0.25) is 0 Å². The minimum Gasteiger partial charge on any atom is -0.497 e. The van der Waals surface area contributed by atoms with Gasteiger partial charge >= 0.3 is 5.69 Å². The highest BCUT2D eigenvalue weighted by atomic mass is 79.9. The molecule has 0 aliphatic rings. The molecule has 0 spiro atoms. The van der Waals surface area contributed by atoms with Crippen molar-refractivity contribution in [2.24, 2.45) is 0 Å². The maximum Gasteiger partial charge on any atom is 0.323 e. The quantitative estimate of drug-likeness (QED) is 0.773. The molecule has 4 nitrogen and oxygen atoms in total. The summed E-state index contributed by atoms with van der Waals surface area (Å²) in [6, 6.07) is 11.9. The Morgan fingerprint density at radius 2 is 1.75 bits per heavy atom. The molecule has 0 saturated carbocycles. The van der Waals surface area contributed by atoms with Gasteiger partial charge in [-0.15, -0.1) is 0 Å². The van der Waals surface area contributed by atoms with Gasteiger partial charge in [0.15, 0.2) is 0 Å². The van der Waals surface area contributed by atoms with Gasteiger partial charge in [-0.25, -0.2) is 4.79 Å². The van der Waals surface area contributed by atoms with Crippen molar-refractivity contribution >= 4 is 27.0 Å². The summed E-state index contributed by atoms with van der Waals surface area (Å²) in [6.07, 6.45) is 0.785. The molecule has 3 aromatic rings. The highest BCUT2D eigenvalue weighted by molar-refractivity contribution is 9.10. The number of nitrogens with one attached hydrogen (secondary N) is 2. The molecule has 0 aliphatic carbocycles. The van der Waals surface area contributed by atoms with E-state index in [0.29, 0.717) is 0 Å². The molecule has 1 aromatic heterocycles. The molecule has 0 amide bonds. The molecule has 2 aromatic carbocycles. The van der Waals surface area contributed by atoms with Gasteiger partial charge in [-0.05, 0) is 41.8 Å². The molecule has 0 bridgehead atoms. The molecule has 0 atom stereocenters. The van der Waals surface area contributed by atoms with E-state index in [9.17, 15) is 4.79 Å². The van der Waals surface area contributed by atoms with E-state index in [0.717, 1.165) is 33.2 Å². The second kappa shape index (κ2) is 5.17. The average molecular weight is 333 g/mol. The number of hydrogen-bond donors (Lipinski definition) is 2. The lowest BCUT2D eigenvalue weighted by Gasteiger charge is -2.06. The maximum absolute atomic E-state index is 11.3. The van der Waals surface area contributed by atoms with Gasteiger partial charge in [0.05, 0.1) is 18.1 Å². The number of imidazole rings is 1. The van der Waals surface area contributed by atoms with Crippen LogP contribution in [0.25, 0.3) is 11.0 Å². The molecule has 0 aliphatic heterocycles. The number of benzene rings is 2. The Morgan fingerprint density at radius 1 is 1.10 bits per heavy atom. The molecular weight excluding hydrogens is 320 g/mol. The highest BCUT2D eigenvalue weighted by Gasteiger charge is 2.06. The van der Waals surface area contributed by atoms with Crippen LogP contribution in [0.3, 0.4) is 0 Å². The van der Waals surface area contributed by atoms with Crippen LogP contribution >= 0.6 is 15.9 Å². The van der Waals surface area contributed by atoms with Crippen molar-refractivity contribution in [2.75, 3.05) is 7.11 Å². The fourth-order valence-electron chi connectivity index (χ4n) is 2.20. The van der Waals surface area contributed by atoms with Crippen molar-refractivity contribution in [2.45, 2.75) is 6.42 Å². The smallest absolute Gasteiger partial charge is 0.323 e. The minimum absolute atomic E-state index is 0.187. The van der Waals surface area contributed by atoms with E-state index in [1.54, 1.807) is 7.11 Å². The van der Waals surface area contributed by atoms with E-state index in [1.807, 2.05) is 36.4 Å². The molecule has 0 radical (unpaired) electrons. The Kier molecular flexibility index (Phi) is 3.36. The zero-order chi connectivity index (χ0) is 14.1. The summed E-state index contributed by atoms with van der Waals surface area (Å²) in [7, 11) is 1.65. The molecular formula is C15H13BrN2O2. The molecule has 102 valence electrons. The van der Waals surface area contributed by atoms with Crippen molar-refractivity contribution in [1.82, 2.24) is 9.97 Å². The fourth-order valence-corrected chi connectivity index (χ4v) is 2.68. The van der Waals surface area contributed by atoms with Crippen molar-refractivity contribution in [1.29, 1.82) is 0 Å². The van der Waals surface area contributed by atoms with Crippen molar-refractivity contribution in [3.8, 4) is 5.75 Å². The molecule has 0 saturated heterocycles. The summed E-state index contributed by atoms with van der Waals surface area (Å²) in [5, 5.41) is 0. The third-order valence-electron chi connectivity index (χ3n) is 3.24. The van der Waals surface area contributed by atoms with E-state index in [1.165, 1.54) is 5.56 Å². The summed E-state index contributed by atoms with van der Waals surface area (Å²) in [5.74, 6) is 0.846. The number of H-pyrrole nitrogens is 2. The second-order valence-corrected chi connectivity index (χ2v) is 5.45. The van der Waals surface area contributed by atoms with Gasteiger partial charge in [0.1, 0.15) is 5.75 Å². The van der Waals surface area contributed by atoms with Crippen LogP contribution in [0, 0.1) is 0 Å². The number of methoxy groups -OCH3 is 1. The number of halogens is 1. The van der Waals surface area contributed by atoms with Crippen LogP contribution in [0.15, 0.2) is 45.7 Å². The number of rotatable bonds is 3. The summed E-state index contributed by atoms with van der Waals surface area (Å²) in [5.41, 5.74) is 3.75. The summed E-state index contributed by atoms with van der Waals surface area (Å²) < 4.78 is 6.13. The van der Waals surface area contributed by atoms with Gasteiger partial charge in [-0.2, -0.15) is 0 Å². The maximum atomic E-state index is 11.3. The van der Waals surface area contributed by atoms with E-state index < -0.39 is 0 Å². The van der Waals surface area contributed by atoms with E-state index >= 15 is 0 Å². The van der Waals surface area contributed by atoms with Crippen LogP contribution in [0.4, 0.5) is 0 Å². The third-order valence-corrected chi connectivity index (χ3v) is 3.97. The lowest BCUT2D eigenvalue weighted by molar-refractivity contribution is 0.414. The second-order valence-electron chi connectivity index (χ2n) is 4.59. The standard InChI is InChI=1S/C15H13BrN2O2/c1-20-11-4-2-9(3-5-11)6-10-7-13-14(8-12(10)16)18-15(19)17-13/h2-5,7-8H,6H2,1H3,(H2,17,18,19). The highest BCUT2D eigenvalue weighted by Crippen LogP contribution is 2.24. The van der Waals surface area contributed by atoms with Crippen LogP contribution in [0.1, 0.15) is 11.1 Å². The topological polar surface area (TPSA) is 57.9 Å². The van der Waals surface area contributed by atoms with Crippen molar-refractivity contribution < 1.29 is 4.74 Å². The molecule has 1 heterocycles. The number of aromatic nitrogens is 2. The van der Waals surface area contributed by atoms with E-state index in [2.05, 4.69) is 25.9 Å². The van der Waals surface area contributed by atoms with E-state index in [4.69, 9.17) is 4.74 Å². The fraction of sp³-hybridized carbons (Fsp3) is 0.133. The Hall–Kier alpha value is -2.01. The first-order valence-corrected chi connectivity index (χ1v) is 6.98. The molecule has 2 N–H and O–H groups in total. The molecule has 5 heteroatoms. The number of hydrogen-bond acceptors (Lipinski definition) is 2. The largest absolute Gasteiger partial charge is 0.497 e. The minimum atomic E-state index is -0.187. The molecule has 20 heavy (non-hydrogen) atoms. The van der Waals surface area contributed by atoms with Gasteiger partial charge in [0.2, 0.25) is 0 Å². The molecule has 3 rings (SSSR count). The molecule has 0 fully saturated rings. The predicted molar refractivity (Wildman–Crippen MR) is 82.4 cm³/mol. The predicted octanol–water partition coefficient (Wildman–Crippen LogP) is 3.22. The number of aromatic amines is 2. The van der Waals surface area contributed by atoms with Crippen LogP contribution < -0.4 is 10.4 Å². The lowest BCUT2D eigenvalue weighted by Crippen LogP contribution is -1.99. The Balaban J connectivity index is 1.96. The van der Waals surface area contributed by atoms with Crippen LogP contribution in [-0.4, -0.2) is 17.1 Å². The molecule has 0 unspecified atom stereocenters. The number of ether oxygens (including phenoxy) is 1. The lowest BCUT2D eigenvalue weighted by atomic mass is 10.0. The first-order valence-electron chi connectivity index (χ1n) is 6.19. The zero-order valence-corrected chi connectivity index (χ0v) is 12.5. The first-order chi connectivity index (χ1) is 9.65. The third kappa shape index (κ3) is 2.49. The van der Waals surface area contributed by atoms with Crippen molar-refractivity contribution in [3.63, 3.8) is 0 Å². The Labute approximate surface area is 123 Å². The summed E-state index contributed by atoms with van der Waals surface area (Å²) >= 11 is 3.55. The van der Waals surface area contributed by atoms with Gasteiger partial charge in [0.25, 0.3) is 0 Å².